The van der Waals surface area contributed by atoms with Gasteiger partial charge < -0.3 is 4.90 Å². The van der Waals surface area contributed by atoms with Crippen LogP contribution < -0.4 is 4.90 Å². The summed E-state index contributed by atoms with van der Waals surface area (Å²) in [6.07, 6.45) is 0.878. The van der Waals surface area contributed by atoms with Gasteiger partial charge in [0.2, 0.25) is 0 Å². The summed E-state index contributed by atoms with van der Waals surface area (Å²) >= 11 is 0. The minimum Gasteiger partial charge on any atom is -0.363 e. The number of aromatic nitrogens is 3. The van der Waals surface area contributed by atoms with E-state index in [-0.39, 0.29) is 0 Å². The number of hydrogen-bond donors (Lipinski definition) is 0. The molecule has 142 valence electrons. The van der Waals surface area contributed by atoms with Crippen LogP contribution in [-0.2, 0) is 6.18 Å². The molecule has 1 aromatic carbocycles. The fraction of sp³-hybridized carbons (Fsp3) is 0.143. The molecule has 0 saturated carbocycles. The summed E-state index contributed by atoms with van der Waals surface area (Å²) in [6, 6.07) is 12.6. The molecule has 0 saturated heterocycles. The van der Waals surface area contributed by atoms with E-state index >= 15 is 0 Å². The smallest absolute Gasteiger partial charge is 0.363 e. The van der Waals surface area contributed by atoms with Gasteiger partial charge in [0.15, 0.2) is 0 Å². The van der Waals surface area contributed by atoms with Crippen molar-refractivity contribution in [3.63, 3.8) is 0 Å². The van der Waals surface area contributed by atoms with E-state index in [2.05, 4.69) is 9.97 Å². The second-order valence-electron chi connectivity index (χ2n) is 6.63. The van der Waals surface area contributed by atoms with Crippen LogP contribution in [0.1, 0.15) is 5.56 Å². The Labute approximate surface area is 159 Å². The maximum atomic E-state index is 13.1. The Morgan fingerprint density at radius 3 is 2.50 bits per heavy atom. The molecule has 0 spiro atoms. The molecule has 7 heteroatoms. The van der Waals surface area contributed by atoms with Crippen molar-refractivity contribution in [2.75, 3.05) is 19.0 Å². The molecule has 0 aliphatic heterocycles. The highest BCUT2D eigenvalue weighted by atomic mass is 19.4. The third-order valence-electron chi connectivity index (χ3n) is 4.53. The van der Waals surface area contributed by atoms with E-state index in [1.807, 2.05) is 47.8 Å². The van der Waals surface area contributed by atoms with Crippen molar-refractivity contribution in [3.05, 3.63) is 72.7 Å². The predicted molar refractivity (Wildman–Crippen MR) is 103 cm³/mol. The number of halogens is 3. The predicted octanol–water partition coefficient (Wildman–Crippen LogP) is 5.15. The highest BCUT2D eigenvalue weighted by Crippen LogP contribution is 2.35. The third kappa shape index (κ3) is 3.19. The normalized spacial score (nSPS) is 11.8. The van der Waals surface area contributed by atoms with Crippen molar-refractivity contribution < 1.29 is 13.2 Å². The number of fused-ring (bicyclic) bond motifs is 1. The molecule has 0 aliphatic carbocycles. The van der Waals surface area contributed by atoms with Crippen LogP contribution in [0, 0.1) is 0 Å². The largest absolute Gasteiger partial charge is 0.416 e. The summed E-state index contributed by atoms with van der Waals surface area (Å²) in [5.41, 5.74) is 2.61. The molecule has 4 rings (SSSR count). The SMILES string of the molecule is CN(C)c1cnc2ccc(-c3cccnc3-c3cccc(C(F)(F)F)c3)cn12. The molecule has 28 heavy (non-hydrogen) atoms. The molecular weight excluding hydrogens is 365 g/mol. The first kappa shape index (κ1) is 18.0. The molecule has 0 aliphatic rings. The van der Waals surface area contributed by atoms with Crippen LogP contribution in [0.3, 0.4) is 0 Å². The van der Waals surface area contributed by atoms with Crippen LogP contribution in [0.15, 0.2) is 67.1 Å². The molecule has 3 heterocycles. The van der Waals surface area contributed by atoms with Crippen molar-refractivity contribution in [2.45, 2.75) is 6.18 Å². The maximum absolute atomic E-state index is 13.1. The van der Waals surface area contributed by atoms with Crippen molar-refractivity contribution in [1.82, 2.24) is 14.4 Å². The molecule has 4 nitrogen and oxygen atoms in total. The zero-order valence-electron chi connectivity index (χ0n) is 15.3. The Balaban J connectivity index is 1.87. The summed E-state index contributed by atoms with van der Waals surface area (Å²) in [6.45, 7) is 0. The topological polar surface area (TPSA) is 33.4 Å². The number of nitrogens with zero attached hydrogens (tertiary/aromatic N) is 4. The monoisotopic (exact) mass is 382 g/mol. The summed E-state index contributed by atoms with van der Waals surface area (Å²) < 4.78 is 41.3. The number of hydrogen-bond acceptors (Lipinski definition) is 3. The number of anilines is 1. The molecule has 0 radical (unpaired) electrons. The molecule has 3 aromatic heterocycles. The van der Waals surface area contributed by atoms with E-state index in [4.69, 9.17) is 0 Å². The fourth-order valence-electron chi connectivity index (χ4n) is 3.17. The number of benzene rings is 1. The Bertz CT molecular complexity index is 1150. The van der Waals surface area contributed by atoms with Gasteiger partial charge >= 0.3 is 6.18 Å². The second-order valence-corrected chi connectivity index (χ2v) is 6.63. The van der Waals surface area contributed by atoms with Crippen molar-refractivity contribution in [3.8, 4) is 22.4 Å². The van der Waals surface area contributed by atoms with Crippen LogP contribution in [0.4, 0.5) is 19.0 Å². The van der Waals surface area contributed by atoms with E-state index in [0.717, 1.165) is 34.7 Å². The summed E-state index contributed by atoms with van der Waals surface area (Å²) in [5.74, 6) is 0.904. The molecule has 0 fully saturated rings. The highest BCUT2D eigenvalue weighted by Gasteiger charge is 2.30. The summed E-state index contributed by atoms with van der Waals surface area (Å²) in [5, 5.41) is 0. The van der Waals surface area contributed by atoms with Crippen LogP contribution in [0.5, 0.6) is 0 Å². The lowest BCUT2D eigenvalue weighted by atomic mass is 9.99. The van der Waals surface area contributed by atoms with Gasteiger partial charge in [-0.3, -0.25) is 9.38 Å². The van der Waals surface area contributed by atoms with Gasteiger partial charge in [0.1, 0.15) is 11.5 Å². The van der Waals surface area contributed by atoms with Gasteiger partial charge in [0.25, 0.3) is 0 Å². The lowest BCUT2D eigenvalue weighted by Crippen LogP contribution is -2.11. The molecule has 0 N–H and O–H groups in total. The minimum atomic E-state index is -4.40. The highest BCUT2D eigenvalue weighted by molar-refractivity contribution is 5.81. The van der Waals surface area contributed by atoms with Gasteiger partial charge in [-0.25, -0.2) is 4.98 Å². The maximum Gasteiger partial charge on any atom is 0.416 e. The average molecular weight is 382 g/mol. The Morgan fingerprint density at radius 2 is 1.75 bits per heavy atom. The Hall–Kier alpha value is -3.35. The summed E-state index contributed by atoms with van der Waals surface area (Å²) in [7, 11) is 3.85. The number of pyridine rings is 2. The molecule has 0 amide bonds. The molecular formula is C21H17F3N4. The second kappa shape index (κ2) is 6.67. The van der Waals surface area contributed by atoms with Crippen molar-refractivity contribution in [2.24, 2.45) is 0 Å². The van der Waals surface area contributed by atoms with E-state index in [1.165, 1.54) is 6.07 Å². The van der Waals surface area contributed by atoms with Crippen LogP contribution >= 0.6 is 0 Å². The first-order chi connectivity index (χ1) is 13.3. The van der Waals surface area contributed by atoms with E-state index < -0.39 is 11.7 Å². The van der Waals surface area contributed by atoms with E-state index in [9.17, 15) is 13.2 Å². The zero-order valence-corrected chi connectivity index (χ0v) is 15.3. The van der Waals surface area contributed by atoms with Crippen molar-refractivity contribution in [1.29, 1.82) is 0 Å². The average Bonchev–Trinajstić information content (AvgIpc) is 3.11. The first-order valence-electron chi connectivity index (χ1n) is 8.62. The van der Waals surface area contributed by atoms with Crippen LogP contribution in [-0.4, -0.2) is 28.5 Å². The van der Waals surface area contributed by atoms with Gasteiger partial charge in [-0.15, -0.1) is 0 Å². The number of rotatable bonds is 3. The van der Waals surface area contributed by atoms with Gasteiger partial charge in [-0.1, -0.05) is 18.2 Å². The summed E-state index contributed by atoms with van der Waals surface area (Å²) in [4.78, 5) is 10.7. The zero-order chi connectivity index (χ0) is 19.9. The lowest BCUT2D eigenvalue weighted by Gasteiger charge is -2.14. The lowest BCUT2D eigenvalue weighted by molar-refractivity contribution is -0.137. The van der Waals surface area contributed by atoms with Crippen LogP contribution in [0.2, 0.25) is 0 Å². The minimum absolute atomic E-state index is 0.420. The van der Waals surface area contributed by atoms with Crippen LogP contribution in [0.25, 0.3) is 28.0 Å². The molecule has 4 aromatic rings. The molecule has 0 unspecified atom stereocenters. The van der Waals surface area contributed by atoms with Gasteiger partial charge in [0.05, 0.1) is 17.5 Å². The quantitative estimate of drug-likeness (QED) is 0.491. The molecule has 0 bridgehead atoms. The van der Waals surface area contributed by atoms with E-state index in [1.54, 1.807) is 24.5 Å². The fourth-order valence-corrected chi connectivity index (χ4v) is 3.17. The molecule has 0 atom stereocenters. The van der Waals surface area contributed by atoms with Gasteiger partial charge in [0, 0.05) is 43.2 Å². The van der Waals surface area contributed by atoms with Gasteiger partial charge in [-0.2, -0.15) is 13.2 Å². The Kier molecular flexibility index (Phi) is 4.30. The standard InChI is InChI=1S/C21H17F3N4/c1-27(2)19-12-26-18-9-8-15(13-28(18)19)17-7-4-10-25-20(17)14-5-3-6-16(11-14)21(22,23)24/h3-13H,1-2H3. The third-order valence-corrected chi connectivity index (χ3v) is 4.53. The number of imidazole rings is 1. The van der Waals surface area contributed by atoms with Crippen molar-refractivity contribution >= 4 is 11.5 Å². The number of alkyl halides is 3. The van der Waals surface area contributed by atoms with E-state index in [0.29, 0.717) is 11.3 Å². The van der Waals surface area contributed by atoms with Gasteiger partial charge in [-0.05, 0) is 30.3 Å². The Morgan fingerprint density at radius 1 is 0.929 bits per heavy atom. The first-order valence-corrected chi connectivity index (χ1v) is 8.62.